The van der Waals surface area contributed by atoms with Gasteiger partial charge in [0.05, 0.1) is 12.8 Å². The summed E-state index contributed by atoms with van der Waals surface area (Å²) < 4.78 is 5.08. The van der Waals surface area contributed by atoms with Gasteiger partial charge in [-0.2, -0.15) is 0 Å². The minimum Gasteiger partial charge on any atom is -0.466 e. The molecule has 1 aromatic heterocycles. The maximum Gasteiger partial charge on any atom is 0.313 e. The van der Waals surface area contributed by atoms with Crippen molar-refractivity contribution in [2.45, 2.75) is 12.5 Å². The first kappa shape index (κ1) is 14.8. The maximum atomic E-state index is 11.7. The van der Waals surface area contributed by atoms with Crippen LogP contribution < -0.4 is 10.6 Å². The average molecular weight is 288 g/mol. The largest absolute Gasteiger partial charge is 0.466 e. The number of hydrogen-bond donors (Lipinski definition) is 3. The Morgan fingerprint density at radius 2 is 1.86 bits per heavy atom. The zero-order valence-electron chi connectivity index (χ0n) is 11.5. The summed E-state index contributed by atoms with van der Waals surface area (Å²) in [6.07, 6.45) is 1.42. The summed E-state index contributed by atoms with van der Waals surface area (Å²) in [5, 5.41) is 15.0. The Morgan fingerprint density at radius 1 is 1.14 bits per heavy atom. The predicted molar refractivity (Wildman–Crippen MR) is 76.4 cm³/mol. The van der Waals surface area contributed by atoms with Gasteiger partial charge in [-0.3, -0.25) is 9.59 Å². The molecule has 1 heterocycles. The van der Waals surface area contributed by atoms with Crippen LogP contribution in [0.1, 0.15) is 12.7 Å². The number of carbonyl (C=O) groups is 2. The predicted octanol–water partition coefficient (Wildman–Crippen LogP) is 1.24. The van der Waals surface area contributed by atoms with Crippen molar-refractivity contribution in [3.05, 3.63) is 54.5 Å². The SMILES string of the molecule is CC(O)(CNC(=O)C(=O)Nc1ccccc1)c1ccco1. The number of benzene rings is 1. The van der Waals surface area contributed by atoms with Gasteiger partial charge in [-0.1, -0.05) is 18.2 Å². The molecule has 0 bridgehead atoms. The topological polar surface area (TPSA) is 91.6 Å². The van der Waals surface area contributed by atoms with E-state index in [-0.39, 0.29) is 6.54 Å². The standard InChI is InChI=1S/C15H16N2O4/c1-15(20,12-8-5-9-21-12)10-16-13(18)14(19)17-11-6-3-2-4-7-11/h2-9,20H,10H2,1H3,(H,16,18)(H,17,19). The van der Waals surface area contributed by atoms with E-state index in [0.29, 0.717) is 11.4 Å². The van der Waals surface area contributed by atoms with Crippen LogP contribution in [0, 0.1) is 0 Å². The number of hydrogen-bond acceptors (Lipinski definition) is 4. The molecule has 1 unspecified atom stereocenters. The number of para-hydroxylation sites is 1. The molecule has 1 aromatic carbocycles. The number of nitrogens with one attached hydrogen (secondary N) is 2. The number of furan rings is 1. The third-order valence-electron chi connectivity index (χ3n) is 2.88. The molecule has 0 aliphatic carbocycles. The van der Waals surface area contributed by atoms with Gasteiger partial charge in [0.25, 0.3) is 0 Å². The highest BCUT2D eigenvalue weighted by molar-refractivity contribution is 6.39. The minimum atomic E-state index is -1.38. The second kappa shape index (κ2) is 6.23. The molecule has 0 saturated heterocycles. The van der Waals surface area contributed by atoms with Gasteiger partial charge in [-0.05, 0) is 31.2 Å². The second-order valence-electron chi connectivity index (χ2n) is 4.75. The number of rotatable bonds is 4. The summed E-state index contributed by atoms with van der Waals surface area (Å²) >= 11 is 0. The van der Waals surface area contributed by atoms with Gasteiger partial charge in [-0.25, -0.2) is 0 Å². The van der Waals surface area contributed by atoms with Crippen LogP contribution in [0.25, 0.3) is 0 Å². The molecular weight excluding hydrogens is 272 g/mol. The fraction of sp³-hybridized carbons (Fsp3) is 0.200. The molecule has 2 amide bonds. The normalized spacial score (nSPS) is 13.2. The lowest BCUT2D eigenvalue weighted by atomic mass is 10.0. The summed E-state index contributed by atoms with van der Waals surface area (Å²) in [7, 11) is 0. The van der Waals surface area contributed by atoms with E-state index in [4.69, 9.17) is 4.42 Å². The third-order valence-corrected chi connectivity index (χ3v) is 2.88. The fourth-order valence-electron chi connectivity index (χ4n) is 1.71. The van der Waals surface area contributed by atoms with Crippen LogP contribution in [-0.4, -0.2) is 23.5 Å². The van der Waals surface area contributed by atoms with Crippen molar-refractivity contribution >= 4 is 17.5 Å². The number of anilines is 1. The van der Waals surface area contributed by atoms with Gasteiger partial charge < -0.3 is 20.2 Å². The van der Waals surface area contributed by atoms with Crippen molar-refractivity contribution in [3.63, 3.8) is 0 Å². The van der Waals surface area contributed by atoms with Crippen molar-refractivity contribution in [3.8, 4) is 0 Å². The molecule has 2 rings (SSSR count). The smallest absolute Gasteiger partial charge is 0.313 e. The Hall–Kier alpha value is -2.60. The molecule has 0 radical (unpaired) electrons. The van der Waals surface area contributed by atoms with Gasteiger partial charge >= 0.3 is 11.8 Å². The van der Waals surface area contributed by atoms with Crippen molar-refractivity contribution in [2.75, 3.05) is 11.9 Å². The van der Waals surface area contributed by atoms with Gasteiger partial charge in [0.2, 0.25) is 0 Å². The second-order valence-corrected chi connectivity index (χ2v) is 4.75. The summed E-state index contributed by atoms with van der Waals surface area (Å²) in [6.45, 7) is 1.35. The van der Waals surface area contributed by atoms with Crippen molar-refractivity contribution < 1.29 is 19.1 Å². The molecule has 21 heavy (non-hydrogen) atoms. The Morgan fingerprint density at radius 3 is 2.48 bits per heavy atom. The summed E-state index contributed by atoms with van der Waals surface area (Å²) in [5.74, 6) is -1.31. The van der Waals surface area contributed by atoms with E-state index < -0.39 is 17.4 Å². The first-order valence-electron chi connectivity index (χ1n) is 6.39. The zero-order valence-corrected chi connectivity index (χ0v) is 11.5. The molecule has 6 nitrogen and oxygen atoms in total. The van der Waals surface area contributed by atoms with E-state index in [9.17, 15) is 14.7 Å². The summed E-state index contributed by atoms with van der Waals surface area (Å²) in [4.78, 5) is 23.4. The first-order valence-corrected chi connectivity index (χ1v) is 6.39. The fourth-order valence-corrected chi connectivity index (χ4v) is 1.71. The van der Waals surface area contributed by atoms with E-state index in [0.717, 1.165) is 0 Å². The quantitative estimate of drug-likeness (QED) is 0.738. The van der Waals surface area contributed by atoms with Crippen LogP contribution >= 0.6 is 0 Å². The van der Waals surface area contributed by atoms with E-state index in [2.05, 4.69) is 10.6 Å². The summed E-state index contributed by atoms with van der Waals surface area (Å²) in [6, 6.07) is 11.9. The summed E-state index contributed by atoms with van der Waals surface area (Å²) in [5.41, 5.74) is -0.859. The zero-order chi connectivity index (χ0) is 15.3. The molecule has 0 fully saturated rings. The van der Waals surface area contributed by atoms with E-state index in [1.165, 1.54) is 13.2 Å². The van der Waals surface area contributed by atoms with Crippen LogP contribution in [0.4, 0.5) is 5.69 Å². The molecule has 1 atom stereocenters. The van der Waals surface area contributed by atoms with Crippen molar-refractivity contribution in [1.82, 2.24) is 5.32 Å². The number of aliphatic hydroxyl groups is 1. The molecule has 0 spiro atoms. The Labute approximate surface area is 121 Å². The highest BCUT2D eigenvalue weighted by Crippen LogP contribution is 2.19. The Bertz CT molecular complexity index is 606. The Kier molecular flexibility index (Phi) is 4.39. The van der Waals surface area contributed by atoms with Gasteiger partial charge in [0, 0.05) is 5.69 Å². The highest BCUT2D eigenvalue weighted by atomic mass is 16.4. The van der Waals surface area contributed by atoms with E-state index in [1.807, 2.05) is 0 Å². The molecule has 0 aliphatic rings. The highest BCUT2D eigenvalue weighted by Gasteiger charge is 2.28. The van der Waals surface area contributed by atoms with Gasteiger partial charge in [0.15, 0.2) is 0 Å². The number of amides is 2. The van der Waals surface area contributed by atoms with Crippen LogP contribution in [0.3, 0.4) is 0 Å². The van der Waals surface area contributed by atoms with Crippen molar-refractivity contribution in [2.24, 2.45) is 0 Å². The van der Waals surface area contributed by atoms with Crippen LogP contribution in [-0.2, 0) is 15.2 Å². The van der Waals surface area contributed by atoms with Crippen LogP contribution in [0.5, 0.6) is 0 Å². The van der Waals surface area contributed by atoms with Crippen LogP contribution in [0.2, 0.25) is 0 Å². The molecule has 0 aliphatic heterocycles. The molecule has 3 N–H and O–H groups in total. The average Bonchev–Trinajstić information content (AvgIpc) is 3.01. The molecular formula is C15H16N2O4. The van der Waals surface area contributed by atoms with Crippen molar-refractivity contribution in [1.29, 1.82) is 0 Å². The first-order chi connectivity index (χ1) is 9.99. The molecule has 0 saturated carbocycles. The van der Waals surface area contributed by atoms with Gasteiger partial charge in [0.1, 0.15) is 11.4 Å². The molecule has 6 heteroatoms. The molecule has 2 aromatic rings. The van der Waals surface area contributed by atoms with Crippen LogP contribution in [0.15, 0.2) is 53.1 Å². The Balaban J connectivity index is 1.88. The minimum absolute atomic E-state index is 0.137. The monoisotopic (exact) mass is 288 g/mol. The lowest BCUT2D eigenvalue weighted by Gasteiger charge is -2.20. The lowest BCUT2D eigenvalue weighted by Crippen LogP contribution is -2.43. The maximum absolute atomic E-state index is 11.7. The number of carbonyl (C=O) groups excluding carboxylic acids is 2. The molecule has 110 valence electrons. The lowest BCUT2D eigenvalue weighted by molar-refractivity contribution is -0.136. The van der Waals surface area contributed by atoms with Gasteiger partial charge in [-0.15, -0.1) is 0 Å². The van der Waals surface area contributed by atoms with E-state index in [1.54, 1.807) is 42.5 Å². The van der Waals surface area contributed by atoms with E-state index >= 15 is 0 Å². The third kappa shape index (κ3) is 3.93.